The third-order valence-electron chi connectivity index (χ3n) is 4.62. The number of hydrogen-bond donors (Lipinski definition) is 0. The van der Waals surface area contributed by atoms with Crippen LogP contribution < -0.4 is 0 Å². The van der Waals surface area contributed by atoms with Crippen LogP contribution in [-0.4, -0.2) is 46.1 Å². The van der Waals surface area contributed by atoms with Crippen LogP contribution in [0.25, 0.3) is 22.4 Å². The summed E-state index contributed by atoms with van der Waals surface area (Å²) in [4.78, 5) is 5.02. The number of fused-ring (bicyclic) bond motifs is 1. The van der Waals surface area contributed by atoms with E-state index in [1.165, 1.54) is 18.4 Å². The van der Waals surface area contributed by atoms with Gasteiger partial charge in [0.2, 0.25) is 10.0 Å². The van der Waals surface area contributed by atoms with Gasteiger partial charge in [0.15, 0.2) is 0 Å². The van der Waals surface area contributed by atoms with Crippen molar-refractivity contribution in [3.63, 3.8) is 0 Å². The zero-order valence-corrected chi connectivity index (χ0v) is 17.4. The maximum Gasteiger partial charge on any atom is 0.242 e. The Hall–Kier alpha value is -2.19. The second-order valence-electron chi connectivity index (χ2n) is 7.18. The van der Waals surface area contributed by atoms with Gasteiger partial charge in [-0.05, 0) is 38.5 Å². The van der Waals surface area contributed by atoms with Crippen molar-refractivity contribution in [3.8, 4) is 11.4 Å². The molecule has 0 aliphatic heterocycles. The number of hydrogen-bond acceptors (Lipinski definition) is 4. The zero-order chi connectivity index (χ0) is 19.8. The average Bonchev–Trinajstić information content (AvgIpc) is 3.24. The van der Waals surface area contributed by atoms with Gasteiger partial charge < -0.3 is 4.57 Å². The van der Waals surface area contributed by atoms with E-state index in [4.69, 9.17) is 4.98 Å². The van der Waals surface area contributed by atoms with Crippen LogP contribution in [0.15, 0.2) is 35.5 Å². The maximum atomic E-state index is 12.5. The van der Waals surface area contributed by atoms with Crippen molar-refractivity contribution in [3.05, 3.63) is 30.6 Å². The quantitative estimate of drug-likeness (QED) is 0.620. The van der Waals surface area contributed by atoms with E-state index in [9.17, 15) is 8.42 Å². The van der Waals surface area contributed by atoms with E-state index in [0.717, 1.165) is 36.3 Å². The molecule has 3 rings (SSSR count). The van der Waals surface area contributed by atoms with E-state index in [-0.39, 0.29) is 10.9 Å². The normalized spacial score (nSPS) is 12.6. The van der Waals surface area contributed by atoms with Gasteiger partial charge in [0.1, 0.15) is 5.82 Å². The van der Waals surface area contributed by atoms with E-state index in [1.807, 2.05) is 23.1 Å². The minimum absolute atomic E-state index is 0.254. The van der Waals surface area contributed by atoms with Gasteiger partial charge in [-0.25, -0.2) is 17.7 Å². The average molecular weight is 390 g/mol. The lowest BCUT2D eigenvalue weighted by Gasteiger charge is -2.11. The van der Waals surface area contributed by atoms with Crippen molar-refractivity contribution in [1.82, 2.24) is 23.6 Å². The molecular formula is C19H27N5O2S. The molecule has 0 radical (unpaired) electrons. The van der Waals surface area contributed by atoms with Crippen LogP contribution in [0.2, 0.25) is 0 Å². The molecule has 1 aromatic carbocycles. The third-order valence-corrected chi connectivity index (χ3v) is 6.43. The summed E-state index contributed by atoms with van der Waals surface area (Å²) in [6, 6.07) is 5.43. The molecule has 146 valence electrons. The standard InChI is InChI=1S/C19H27N5O2S/c1-6-7-10-23-18-9-8-16(27(25,26)22(4)5)11-17(18)21-19(23)15-12-20-24(13-15)14(2)3/h8-9,11-14H,6-7,10H2,1-5H3. The summed E-state index contributed by atoms with van der Waals surface area (Å²) < 4.78 is 30.2. The summed E-state index contributed by atoms with van der Waals surface area (Å²) in [7, 11) is -0.427. The van der Waals surface area contributed by atoms with Crippen molar-refractivity contribution < 1.29 is 8.42 Å². The zero-order valence-electron chi connectivity index (χ0n) is 16.5. The van der Waals surface area contributed by atoms with E-state index in [2.05, 4.69) is 30.4 Å². The number of sulfonamides is 1. The molecular weight excluding hydrogens is 362 g/mol. The Morgan fingerprint density at radius 3 is 2.56 bits per heavy atom. The molecule has 2 aromatic heterocycles. The number of rotatable bonds is 7. The molecule has 0 N–H and O–H groups in total. The van der Waals surface area contributed by atoms with E-state index < -0.39 is 10.0 Å². The molecule has 0 saturated carbocycles. The predicted molar refractivity (Wildman–Crippen MR) is 107 cm³/mol. The molecule has 3 aromatic rings. The van der Waals surface area contributed by atoms with E-state index in [0.29, 0.717) is 5.52 Å². The summed E-state index contributed by atoms with van der Waals surface area (Å²) >= 11 is 0. The Balaban J connectivity index is 2.16. The summed E-state index contributed by atoms with van der Waals surface area (Å²) in [5.41, 5.74) is 2.56. The summed E-state index contributed by atoms with van der Waals surface area (Å²) in [5, 5.41) is 4.42. The fourth-order valence-electron chi connectivity index (χ4n) is 2.98. The fourth-order valence-corrected chi connectivity index (χ4v) is 3.90. The van der Waals surface area contributed by atoms with Gasteiger partial charge in [0.05, 0.1) is 27.7 Å². The molecule has 0 atom stereocenters. The molecule has 0 unspecified atom stereocenters. The van der Waals surface area contributed by atoms with Crippen molar-refractivity contribution in [1.29, 1.82) is 0 Å². The molecule has 0 bridgehead atoms. The summed E-state index contributed by atoms with van der Waals surface area (Å²) in [5.74, 6) is 0.824. The minimum Gasteiger partial charge on any atom is -0.324 e. The van der Waals surface area contributed by atoms with Gasteiger partial charge >= 0.3 is 0 Å². The van der Waals surface area contributed by atoms with Crippen molar-refractivity contribution in [2.24, 2.45) is 0 Å². The lowest BCUT2D eigenvalue weighted by Crippen LogP contribution is -2.22. The van der Waals surface area contributed by atoms with Gasteiger partial charge in [0, 0.05) is 32.9 Å². The Morgan fingerprint density at radius 2 is 1.96 bits per heavy atom. The van der Waals surface area contributed by atoms with Gasteiger partial charge in [0.25, 0.3) is 0 Å². The Labute approximate surface area is 160 Å². The topological polar surface area (TPSA) is 73.0 Å². The fraction of sp³-hybridized carbons (Fsp3) is 0.474. The van der Waals surface area contributed by atoms with Crippen LogP contribution in [0.1, 0.15) is 39.7 Å². The lowest BCUT2D eigenvalue weighted by atomic mass is 10.3. The maximum absolute atomic E-state index is 12.5. The molecule has 0 saturated heterocycles. The smallest absolute Gasteiger partial charge is 0.242 e. The number of unbranched alkanes of at least 4 members (excludes halogenated alkanes) is 1. The van der Waals surface area contributed by atoms with Crippen molar-refractivity contribution >= 4 is 21.1 Å². The van der Waals surface area contributed by atoms with Crippen LogP contribution >= 0.6 is 0 Å². The second kappa shape index (κ2) is 7.44. The lowest BCUT2D eigenvalue weighted by molar-refractivity contribution is 0.521. The molecule has 0 fully saturated rings. The second-order valence-corrected chi connectivity index (χ2v) is 9.33. The molecule has 2 heterocycles. The highest BCUT2D eigenvalue weighted by molar-refractivity contribution is 7.89. The molecule has 8 heteroatoms. The summed E-state index contributed by atoms with van der Waals surface area (Å²) in [6.45, 7) is 7.14. The highest BCUT2D eigenvalue weighted by Crippen LogP contribution is 2.28. The van der Waals surface area contributed by atoms with Gasteiger partial charge in [-0.15, -0.1) is 0 Å². The van der Waals surface area contributed by atoms with Crippen LogP contribution in [0.5, 0.6) is 0 Å². The first-order valence-electron chi connectivity index (χ1n) is 9.23. The van der Waals surface area contributed by atoms with E-state index in [1.54, 1.807) is 12.1 Å². The number of nitrogens with zero attached hydrogens (tertiary/aromatic N) is 5. The predicted octanol–water partition coefficient (Wildman–Crippen LogP) is 3.53. The molecule has 0 amide bonds. The van der Waals surface area contributed by atoms with Gasteiger partial charge in [-0.3, -0.25) is 4.68 Å². The minimum atomic E-state index is -3.49. The van der Waals surface area contributed by atoms with Crippen LogP contribution in [0.3, 0.4) is 0 Å². The first kappa shape index (κ1) is 19.6. The SMILES string of the molecule is CCCCn1c(-c2cnn(C(C)C)c2)nc2cc(S(=O)(=O)N(C)C)ccc21. The van der Waals surface area contributed by atoms with Crippen LogP contribution in [-0.2, 0) is 16.6 Å². The number of aryl methyl sites for hydroxylation is 1. The third kappa shape index (κ3) is 3.64. The highest BCUT2D eigenvalue weighted by Gasteiger charge is 2.20. The highest BCUT2D eigenvalue weighted by atomic mass is 32.2. The first-order chi connectivity index (χ1) is 12.8. The number of imidazole rings is 1. The van der Waals surface area contributed by atoms with Crippen LogP contribution in [0.4, 0.5) is 0 Å². The molecule has 0 aliphatic rings. The summed E-state index contributed by atoms with van der Waals surface area (Å²) in [6.07, 6.45) is 5.90. The van der Waals surface area contributed by atoms with E-state index >= 15 is 0 Å². The molecule has 7 nitrogen and oxygen atoms in total. The van der Waals surface area contributed by atoms with Crippen LogP contribution in [0, 0.1) is 0 Å². The largest absolute Gasteiger partial charge is 0.324 e. The number of benzene rings is 1. The Kier molecular flexibility index (Phi) is 5.39. The first-order valence-corrected chi connectivity index (χ1v) is 10.7. The van der Waals surface area contributed by atoms with Crippen molar-refractivity contribution in [2.75, 3.05) is 14.1 Å². The molecule has 27 heavy (non-hydrogen) atoms. The van der Waals surface area contributed by atoms with Crippen molar-refractivity contribution in [2.45, 2.75) is 51.1 Å². The number of aromatic nitrogens is 4. The monoisotopic (exact) mass is 389 g/mol. The Bertz CT molecular complexity index is 1050. The Morgan fingerprint density at radius 1 is 1.22 bits per heavy atom. The van der Waals surface area contributed by atoms with Gasteiger partial charge in [-0.2, -0.15) is 5.10 Å². The molecule has 0 aliphatic carbocycles. The molecule has 0 spiro atoms. The van der Waals surface area contributed by atoms with Gasteiger partial charge in [-0.1, -0.05) is 13.3 Å².